The van der Waals surface area contributed by atoms with Crippen LogP contribution < -0.4 is 0 Å². The van der Waals surface area contributed by atoms with Crippen molar-refractivity contribution < 1.29 is 17.1 Å². The monoisotopic (exact) mass is 247 g/mol. The van der Waals surface area contributed by atoms with Gasteiger partial charge in [-0.2, -0.15) is 52.4 Å². The second-order valence-electron chi connectivity index (χ2n) is 2.51. The molecule has 0 bridgehead atoms. The molecule has 0 unspecified atom stereocenters. The molecular formula is C8H18CuN5-5. The summed E-state index contributed by atoms with van der Waals surface area (Å²) in [6.07, 6.45) is 0. The molecule has 0 saturated heterocycles. The molecule has 2 N–H and O–H groups in total. The fourth-order valence-electron chi connectivity index (χ4n) is 0.776. The van der Waals surface area contributed by atoms with Crippen molar-refractivity contribution in [2.45, 2.75) is 0 Å². The topological polar surface area (TPSA) is 89.9 Å². The van der Waals surface area contributed by atoms with E-state index in [0.717, 1.165) is 26.2 Å². The van der Waals surface area contributed by atoms with Crippen molar-refractivity contribution in [1.29, 1.82) is 0 Å². The van der Waals surface area contributed by atoms with Gasteiger partial charge in [-0.15, -0.1) is 0 Å². The Morgan fingerprint density at radius 3 is 1.14 bits per heavy atom. The number of hydrogen-bond acceptors (Lipinski definition) is 0. The molecule has 6 heteroatoms. The fraction of sp³-hybridized carbons (Fsp3) is 1.00. The third kappa shape index (κ3) is 14.8. The summed E-state index contributed by atoms with van der Waals surface area (Å²) in [5, 5.41) is 12.4. The van der Waals surface area contributed by atoms with Crippen molar-refractivity contribution in [3.63, 3.8) is 0 Å². The smallest absolute Gasteiger partial charge is 0 e. The standard InChI is InChI=1S/C8H18N5.Cu/c9-1-3-11-5-7-13-8-6-12-4-2-10;/h9-10H,1-8H2;/q-5;. The van der Waals surface area contributed by atoms with Gasteiger partial charge in [-0.1, -0.05) is 0 Å². The Hall–Kier alpha value is 0.319. The Bertz CT molecular complexity index is 83.8. The molecular weight excluding hydrogens is 230 g/mol. The van der Waals surface area contributed by atoms with E-state index in [2.05, 4.69) is 16.0 Å². The average Bonchev–Trinajstić information content (AvgIpc) is 2.16. The minimum Gasteiger partial charge on any atom is -0.679 e. The zero-order valence-corrected chi connectivity index (χ0v) is 9.24. The van der Waals surface area contributed by atoms with Crippen molar-refractivity contribution in [2.75, 3.05) is 52.4 Å². The van der Waals surface area contributed by atoms with Gasteiger partial charge in [0.15, 0.2) is 0 Å². The number of rotatable bonds is 10. The summed E-state index contributed by atoms with van der Waals surface area (Å²) in [6, 6.07) is 0. The zero-order chi connectivity index (χ0) is 9.78. The molecule has 0 aromatic heterocycles. The van der Waals surface area contributed by atoms with Crippen LogP contribution in [0.2, 0.25) is 0 Å². The molecule has 0 fully saturated rings. The number of hydrogen-bond donors (Lipinski definition) is 0. The third-order valence-electron chi connectivity index (χ3n) is 1.37. The molecule has 0 amide bonds. The van der Waals surface area contributed by atoms with Gasteiger partial charge >= 0.3 is 0 Å². The van der Waals surface area contributed by atoms with E-state index in [0.29, 0.717) is 26.2 Å². The maximum absolute atomic E-state index is 6.84. The van der Waals surface area contributed by atoms with E-state index < -0.39 is 0 Å². The predicted octanol–water partition coefficient (Wildman–Crippen LogP) is 2.21. The van der Waals surface area contributed by atoms with Crippen LogP contribution in [0.1, 0.15) is 0 Å². The SMILES string of the molecule is [Cu].[NH-]CC[N-]CC[N-]CC[N-]CC[NH-]. The molecule has 0 aromatic rings. The quantitative estimate of drug-likeness (QED) is 0.418. The second-order valence-corrected chi connectivity index (χ2v) is 2.51. The van der Waals surface area contributed by atoms with E-state index in [1.165, 1.54) is 0 Å². The first-order valence-electron chi connectivity index (χ1n) is 4.60. The Kier molecular flexibility index (Phi) is 18.9. The molecule has 1 radical (unpaired) electrons. The zero-order valence-electron chi connectivity index (χ0n) is 8.30. The van der Waals surface area contributed by atoms with E-state index in [-0.39, 0.29) is 17.1 Å². The van der Waals surface area contributed by atoms with Gasteiger partial charge in [-0.25, -0.2) is 0 Å². The van der Waals surface area contributed by atoms with Gasteiger partial charge in [0.1, 0.15) is 0 Å². The molecule has 0 rings (SSSR count). The van der Waals surface area contributed by atoms with Crippen LogP contribution in [0.15, 0.2) is 0 Å². The normalized spacial score (nSPS) is 9.86. The molecule has 0 atom stereocenters. The van der Waals surface area contributed by atoms with Crippen molar-refractivity contribution in [3.8, 4) is 0 Å². The first-order valence-corrected chi connectivity index (χ1v) is 4.60. The van der Waals surface area contributed by atoms with Crippen molar-refractivity contribution in [1.82, 2.24) is 0 Å². The molecule has 0 aliphatic heterocycles. The summed E-state index contributed by atoms with van der Waals surface area (Å²) in [5.41, 5.74) is 13.7. The summed E-state index contributed by atoms with van der Waals surface area (Å²) < 4.78 is 0. The molecule has 0 aliphatic carbocycles. The van der Waals surface area contributed by atoms with Crippen LogP contribution in [0, 0.1) is 0 Å². The van der Waals surface area contributed by atoms with E-state index in [1.807, 2.05) is 0 Å². The van der Waals surface area contributed by atoms with Crippen LogP contribution in [0.4, 0.5) is 0 Å². The average molecular weight is 248 g/mol. The maximum atomic E-state index is 6.84. The van der Waals surface area contributed by atoms with E-state index in [9.17, 15) is 0 Å². The van der Waals surface area contributed by atoms with Crippen LogP contribution in [0.25, 0.3) is 27.4 Å². The Morgan fingerprint density at radius 2 is 0.857 bits per heavy atom. The molecule has 5 nitrogen and oxygen atoms in total. The van der Waals surface area contributed by atoms with E-state index in [4.69, 9.17) is 11.5 Å². The van der Waals surface area contributed by atoms with Gasteiger partial charge in [0.25, 0.3) is 0 Å². The fourth-order valence-corrected chi connectivity index (χ4v) is 0.776. The van der Waals surface area contributed by atoms with Gasteiger partial charge in [-0.05, 0) is 0 Å². The second kappa shape index (κ2) is 15.8. The summed E-state index contributed by atoms with van der Waals surface area (Å²) in [5.74, 6) is 0. The summed E-state index contributed by atoms with van der Waals surface area (Å²) in [7, 11) is 0. The Morgan fingerprint density at radius 1 is 0.571 bits per heavy atom. The van der Waals surface area contributed by atoms with Crippen molar-refractivity contribution in [3.05, 3.63) is 27.4 Å². The van der Waals surface area contributed by atoms with E-state index in [1.54, 1.807) is 0 Å². The van der Waals surface area contributed by atoms with Gasteiger partial charge in [0.2, 0.25) is 0 Å². The predicted molar refractivity (Wildman–Crippen MR) is 57.7 cm³/mol. The minimum atomic E-state index is 0. The Labute approximate surface area is 97.2 Å². The Balaban J connectivity index is 0. The van der Waals surface area contributed by atoms with Gasteiger partial charge in [0.05, 0.1) is 0 Å². The van der Waals surface area contributed by atoms with Gasteiger partial charge in [-0.3, -0.25) is 0 Å². The van der Waals surface area contributed by atoms with Crippen LogP contribution in [0.5, 0.6) is 0 Å². The van der Waals surface area contributed by atoms with Gasteiger partial charge < -0.3 is 27.4 Å². The largest absolute Gasteiger partial charge is 0.679 e. The molecule has 0 saturated carbocycles. The van der Waals surface area contributed by atoms with Crippen molar-refractivity contribution in [2.24, 2.45) is 0 Å². The summed E-state index contributed by atoms with van der Waals surface area (Å²) in [6.45, 7) is 4.95. The van der Waals surface area contributed by atoms with Crippen molar-refractivity contribution >= 4 is 0 Å². The third-order valence-corrected chi connectivity index (χ3v) is 1.37. The summed E-state index contributed by atoms with van der Waals surface area (Å²) in [4.78, 5) is 0. The van der Waals surface area contributed by atoms with Crippen LogP contribution in [-0.2, 0) is 17.1 Å². The molecule has 0 aromatic carbocycles. The van der Waals surface area contributed by atoms with E-state index >= 15 is 0 Å². The van der Waals surface area contributed by atoms with Crippen LogP contribution in [-0.4, -0.2) is 52.4 Å². The molecule has 0 aliphatic rings. The maximum Gasteiger partial charge on any atom is 0 e. The summed E-state index contributed by atoms with van der Waals surface area (Å²) >= 11 is 0. The first-order chi connectivity index (χ1) is 6.41. The minimum absolute atomic E-state index is 0. The molecule has 0 heterocycles. The molecule has 14 heavy (non-hydrogen) atoms. The molecule has 91 valence electrons. The van der Waals surface area contributed by atoms with Gasteiger partial charge in [0, 0.05) is 17.1 Å². The first kappa shape index (κ1) is 16.7. The molecule has 0 spiro atoms. The van der Waals surface area contributed by atoms with Crippen LogP contribution in [0.3, 0.4) is 0 Å². The number of nitrogens with zero attached hydrogens (tertiary/aromatic N) is 3. The van der Waals surface area contributed by atoms with Crippen LogP contribution >= 0.6 is 0 Å². The number of nitrogens with one attached hydrogen (secondary N) is 2.